The summed E-state index contributed by atoms with van der Waals surface area (Å²) in [6, 6.07) is 6.14. The highest BCUT2D eigenvalue weighted by Gasteiger charge is 2.36. The standard InChI is InChI=1S/C15H20N4O3S.ClH/c1-18-9-8-17-15(18)14-11-16-7-10-19(14)23(20,21)13-5-3-12(22-2)4-6-13;/h3-6,8-9,14,16H,7,10-11H2,1-2H3;1H. The minimum absolute atomic E-state index is 0. The van der Waals surface area contributed by atoms with Crippen LogP contribution in [0.1, 0.15) is 11.9 Å². The van der Waals surface area contributed by atoms with Crippen molar-refractivity contribution in [1.29, 1.82) is 0 Å². The van der Waals surface area contributed by atoms with Crippen molar-refractivity contribution < 1.29 is 13.2 Å². The first kappa shape index (κ1) is 18.7. The van der Waals surface area contributed by atoms with Gasteiger partial charge in [-0.2, -0.15) is 4.31 Å². The Morgan fingerprint density at radius 3 is 2.58 bits per heavy atom. The van der Waals surface area contributed by atoms with Crippen molar-refractivity contribution in [3.8, 4) is 5.75 Å². The summed E-state index contributed by atoms with van der Waals surface area (Å²) in [5.74, 6) is 1.36. The molecule has 1 N–H and O–H groups in total. The second kappa shape index (κ2) is 7.52. The molecular weight excluding hydrogens is 352 g/mol. The van der Waals surface area contributed by atoms with Crippen LogP contribution in [0.4, 0.5) is 0 Å². The third-order valence-corrected chi connectivity index (χ3v) is 5.94. The number of halogens is 1. The molecule has 0 radical (unpaired) electrons. The molecule has 7 nitrogen and oxygen atoms in total. The van der Waals surface area contributed by atoms with Gasteiger partial charge in [-0.05, 0) is 24.3 Å². The first-order chi connectivity index (χ1) is 11.0. The van der Waals surface area contributed by atoms with Crippen LogP contribution in [-0.2, 0) is 17.1 Å². The van der Waals surface area contributed by atoms with E-state index in [-0.39, 0.29) is 23.3 Å². The highest BCUT2D eigenvalue weighted by atomic mass is 35.5. The van der Waals surface area contributed by atoms with E-state index >= 15 is 0 Å². The van der Waals surface area contributed by atoms with E-state index in [1.807, 2.05) is 17.8 Å². The molecule has 1 aliphatic rings. The summed E-state index contributed by atoms with van der Waals surface area (Å²) >= 11 is 0. The number of nitrogens with zero attached hydrogens (tertiary/aromatic N) is 3. The summed E-state index contributed by atoms with van der Waals surface area (Å²) in [7, 11) is -0.172. The summed E-state index contributed by atoms with van der Waals surface area (Å²) in [6.45, 7) is 1.57. The Labute approximate surface area is 148 Å². The Morgan fingerprint density at radius 2 is 2.00 bits per heavy atom. The molecule has 3 rings (SSSR count). The molecule has 1 aliphatic heterocycles. The number of aromatic nitrogens is 2. The Kier molecular flexibility index (Phi) is 5.87. The monoisotopic (exact) mass is 372 g/mol. The molecule has 2 heterocycles. The summed E-state index contributed by atoms with van der Waals surface area (Å²) in [5, 5.41) is 3.24. The van der Waals surface area contributed by atoms with Crippen LogP contribution >= 0.6 is 12.4 Å². The number of nitrogens with one attached hydrogen (secondary N) is 1. The number of piperazine rings is 1. The zero-order chi connectivity index (χ0) is 16.4. The number of benzene rings is 1. The molecule has 0 saturated carbocycles. The average molecular weight is 373 g/mol. The number of aryl methyl sites for hydroxylation is 1. The van der Waals surface area contributed by atoms with Gasteiger partial charge in [0.15, 0.2) is 0 Å². The normalized spacial score (nSPS) is 18.8. The van der Waals surface area contributed by atoms with Gasteiger partial charge in [-0.25, -0.2) is 13.4 Å². The predicted octanol–water partition coefficient (Wildman–Crippen LogP) is 1.19. The van der Waals surface area contributed by atoms with Crippen molar-refractivity contribution in [2.75, 3.05) is 26.7 Å². The number of hydrogen-bond acceptors (Lipinski definition) is 5. The lowest BCUT2D eigenvalue weighted by atomic mass is 10.2. The third-order valence-electron chi connectivity index (χ3n) is 4.02. The Hall–Kier alpha value is -1.61. The largest absolute Gasteiger partial charge is 0.497 e. The fourth-order valence-corrected chi connectivity index (χ4v) is 4.36. The van der Waals surface area contributed by atoms with E-state index in [1.54, 1.807) is 37.6 Å². The maximum atomic E-state index is 13.0. The van der Waals surface area contributed by atoms with Crippen LogP contribution in [-0.4, -0.2) is 49.0 Å². The fraction of sp³-hybridized carbons (Fsp3) is 0.400. The lowest BCUT2D eigenvalue weighted by molar-refractivity contribution is 0.258. The number of imidazole rings is 1. The summed E-state index contributed by atoms with van der Waals surface area (Å²) in [6.07, 6.45) is 3.50. The van der Waals surface area contributed by atoms with Crippen LogP contribution in [0.3, 0.4) is 0 Å². The average Bonchev–Trinajstić information content (AvgIpc) is 3.01. The molecule has 1 aromatic carbocycles. The molecule has 1 atom stereocenters. The Morgan fingerprint density at radius 1 is 1.29 bits per heavy atom. The summed E-state index contributed by atoms with van der Waals surface area (Å²) in [5.41, 5.74) is 0. The number of rotatable bonds is 4. The SMILES string of the molecule is COc1ccc(S(=O)(=O)N2CCNCC2c2nccn2C)cc1.Cl. The van der Waals surface area contributed by atoms with Crippen LogP contribution in [0.15, 0.2) is 41.6 Å². The third kappa shape index (κ3) is 3.41. The van der Waals surface area contributed by atoms with Gasteiger partial charge in [-0.15, -0.1) is 12.4 Å². The molecule has 0 amide bonds. The van der Waals surface area contributed by atoms with Gasteiger partial charge in [0.05, 0.1) is 18.0 Å². The highest BCUT2D eigenvalue weighted by molar-refractivity contribution is 7.89. The van der Waals surface area contributed by atoms with Crippen molar-refractivity contribution in [3.05, 3.63) is 42.5 Å². The van der Waals surface area contributed by atoms with Crippen molar-refractivity contribution in [1.82, 2.24) is 19.2 Å². The minimum atomic E-state index is -3.59. The zero-order valence-electron chi connectivity index (χ0n) is 13.5. The first-order valence-electron chi connectivity index (χ1n) is 7.38. The van der Waals surface area contributed by atoms with Crippen molar-refractivity contribution in [2.24, 2.45) is 7.05 Å². The minimum Gasteiger partial charge on any atom is -0.497 e. The van der Waals surface area contributed by atoms with Gasteiger partial charge in [0.25, 0.3) is 0 Å². The smallest absolute Gasteiger partial charge is 0.243 e. The zero-order valence-corrected chi connectivity index (χ0v) is 15.2. The second-order valence-electron chi connectivity index (χ2n) is 5.41. The van der Waals surface area contributed by atoms with Crippen molar-refractivity contribution in [2.45, 2.75) is 10.9 Å². The second-order valence-corrected chi connectivity index (χ2v) is 7.30. The van der Waals surface area contributed by atoms with E-state index in [4.69, 9.17) is 4.74 Å². The Bertz CT molecular complexity index is 776. The molecule has 1 saturated heterocycles. The van der Waals surface area contributed by atoms with Crippen LogP contribution in [0.25, 0.3) is 0 Å². The van der Waals surface area contributed by atoms with Gasteiger partial charge in [0, 0.05) is 39.1 Å². The molecule has 132 valence electrons. The molecule has 1 fully saturated rings. The van der Waals surface area contributed by atoms with E-state index in [1.165, 1.54) is 4.31 Å². The van der Waals surface area contributed by atoms with Crippen LogP contribution in [0, 0.1) is 0 Å². The van der Waals surface area contributed by atoms with E-state index in [9.17, 15) is 8.42 Å². The summed E-state index contributed by atoms with van der Waals surface area (Å²) in [4.78, 5) is 4.58. The van der Waals surface area contributed by atoms with Gasteiger partial charge < -0.3 is 14.6 Å². The molecule has 0 spiro atoms. The van der Waals surface area contributed by atoms with Crippen LogP contribution < -0.4 is 10.1 Å². The van der Waals surface area contributed by atoms with Crippen LogP contribution in [0.5, 0.6) is 5.75 Å². The molecule has 1 unspecified atom stereocenters. The number of ether oxygens (including phenoxy) is 1. The number of sulfonamides is 1. The molecule has 2 aromatic rings. The maximum Gasteiger partial charge on any atom is 0.243 e. The van der Waals surface area contributed by atoms with Gasteiger partial charge in [0.2, 0.25) is 10.0 Å². The number of methoxy groups -OCH3 is 1. The Balaban J connectivity index is 0.00000208. The quantitative estimate of drug-likeness (QED) is 0.872. The first-order valence-corrected chi connectivity index (χ1v) is 8.82. The molecule has 9 heteroatoms. The molecule has 1 aromatic heterocycles. The summed E-state index contributed by atoms with van der Waals surface area (Å²) < 4.78 is 34.5. The van der Waals surface area contributed by atoms with E-state index in [2.05, 4.69) is 10.3 Å². The van der Waals surface area contributed by atoms with Gasteiger partial charge >= 0.3 is 0 Å². The molecule has 0 bridgehead atoms. The van der Waals surface area contributed by atoms with E-state index in [0.29, 0.717) is 25.4 Å². The van der Waals surface area contributed by atoms with E-state index in [0.717, 1.165) is 5.82 Å². The predicted molar refractivity (Wildman–Crippen MR) is 93.0 cm³/mol. The van der Waals surface area contributed by atoms with Crippen molar-refractivity contribution >= 4 is 22.4 Å². The van der Waals surface area contributed by atoms with E-state index < -0.39 is 10.0 Å². The fourth-order valence-electron chi connectivity index (χ4n) is 2.77. The lowest BCUT2D eigenvalue weighted by Crippen LogP contribution is -2.49. The molecular formula is C15H21ClN4O3S. The van der Waals surface area contributed by atoms with Crippen molar-refractivity contribution in [3.63, 3.8) is 0 Å². The van der Waals surface area contributed by atoms with Gasteiger partial charge in [-0.1, -0.05) is 0 Å². The molecule has 24 heavy (non-hydrogen) atoms. The van der Waals surface area contributed by atoms with Crippen LogP contribution in [0.2, 0.25) is 0 Å². The topological polar surface area (TPSA) is 76.5 Å². The van der Waals surface area contributed by atoms with Gasteiger partial charge in [-0.3, -0.25) is 0 Å². The maximum absolute atomic E-state index is 13.0. The highest BCUT2D eigenvalue weighted by Crippen LogP contribution is 2.28. The lowest BCUT2D eigenvalue weighted by Gasteiger charge is -2.34. The number of hydrogen-bond donors (Lipinski definition) is 1. The molecule has 0 aliphatic carbocycles. The van der Waals surface area contributed by atoms with Gasteiger partial charge in [0.1, 0.15) is 11.6 Å².